The lowest BCUT2D eigenvalue weighted by molar-refractivity contribution is -0.144. The maximum absolute atomic E-state index is 9.59. The zero-order chi connectivity index (χ0) is 10.7. The van der Waals surface area contributed by atoms with Gasteiger partial charge in [-0.2, -0.15) is 0 Å². The largest absolute Gasteiger partial charge is 0.395 e. The van der Waals surface area contributed by atoms with Crippen LogP contribution in [0.15, 0.2) is 0 Å². The van der Waals surface area contributed by atoms with E-state index in [4.69, 9.17) is 5.11 Å². The minimum atomic E-state index is -1.15. The van der Waals surface area contributed by atoms with Crippen LogP contribution in [0.5, 0.6) is 0 Å². The Labute approximate surface area is 83.6 Å². The summed E-state index contributed by atoms with van der Waals surface area (Å²) in [5.41, 5.74) is 0. The van der Waals surface area contributed by atoms with Crippen molar-refractivity contribution < 1.29 is 20.4 Å². The first-order valence-corrected chi connectivity index (χ1v) is 5.01. The summed E-state index contributed by atoms with van der Waals surface area (Å²) in [5.74, 6) is 0. The molecule has 4 N–H and O–H groups in total. The average molecular weight is 205 g/mol. The van der Waals surface area contributed by atoms with E-state index in [1.165, 1.54) is 0 Å². The highest BCUT2D eigenvalue weighted by Crippen LogP contribution is 2.18. The molecule has 0 aromatic rings. The first kappa shape index (κ1) is 11.9. The van der Waals surface area contributed by atoms with Gasteiger partial charge in [-0.05, 0) is 13.0 Å². The predicted molar refractivity (Wildman–Crippen MR) is 50.8 cm³/mol. The molecule has 2 unspecified atom stereocenters. The van der Waals surface area contributed by atoms with Crippen LogP contribution in [0, 0.1) is 0 Å². The molecule has 1 fully saturated rings. The topological polar surface area (TPSA) is 84.2 Å². The third-order valence-electron chi connectivity index (χ3n) is 2.73. The van der Waals surface area contributed by atoms with E-state index >= 15 is 0 Å². The standard InChI is InChI=1S/C9H19NO4/c1-2-3-10-4-7(12)9(14)8(13)6(10)5-11/h6-9,11-14H,2-5H2,1H3/t6?,7?,8-,9+/m0/s1. The summed E-state index contributed by atoms with van der Waals surface area (Å²) in [7, 11) is 0. The van der Waals surface area contributed by atoms with Gasteiger partial charge >= 0.3 is 0 Å². The van der Waals surface area contributed by atoms with Gasteiger partial charge in [0, 0.05) is 6.54 Å². The van der Waals surface area contributed by atoms with E-state index in [1.54, 1.807) is 0 Å². The lowest BCUT2D eigenvalue weighted by atomic mass is 9.94. The minimum Gasteiger partial charge on any atom is -0.395 e. The molecular weight excluding hydrogens is 186 g/mol. The fraction of sp³-hybridized carbons (Fsp3) is 1.00. The van der Waals surface area contributed by atoms with Crippen molar-refractivity contribution >= 4 is 0 Å². The van der Waals surface area contributed by atoms with Gasteiger partial charge in [-0.15, -0.1) is 0 Å². The number of β-amino-alcohol motifs (C(OH)–C–C–N with tert-alkyl or cyclic N) is 1. The SMILES string of the molecule is CCCN1CC(O)[C@@H](O)[C@@H](O)C1CO. The molecule has 1 aliphatic heterocycles. The summed E-state index contributed by atoms with van der Waals surface area (Å²) in [6.07, 6.45) is -2.28. The summed E-state index contributed by atoms with van der Waals surface area (Å²) in [6.45, 7) is 2.78. The van der Waals surface area contributed by atoms with Crippen LogP contribution in [-0.2, 0) is 0 Å². The zero-order valence-electron chi connectivity index (χ0n) is 8.37. The second kappa shape index (κ2) is 5.04. The van der Waals surface area contributed by atoms with Gasteiger partial charge in [-0.25, -0.2) is 0 Å². The summed E-state index contributed by atoms with van der Waals surface area (Å²) in [4.78, 5) is 1.81. The molecule has 4 atom stereocenters. The molecule has 84 valence electrons. The summed E-state index contributed by atoms with van der Waals surface area (Å²) in [6, 6.07) is -0.464. The second-order valence-corrected chi connectivity index (χ2v) is 3.79. The molecule has 0 bridgehead atoms. The minimum absolute atomic E-state index is 0.203. The quantitative estimate of drug-likeness (QED) is 0.435. The molecule has 14 heavy (non-hydrogen) atoms. The van der Waals surface area contributed by atoms with E-state index in [9.17, 15) is 15.3 Å². The molecule has 5 nitrogen and oxygen atoms in total. The van der Waals surface area contributed by atoms with Gasteiger partial charge in [0.15, 0.2) is 0 Å². The van der Waals surface area contributed by atoms with Crippen LogP contribution in [0.25, 0.3) is 0 Å². The van der Waals surface area contributed by atoms with Gasteiger partial charge < -0.3 is 20.4 Å². The number of aliphatic hydroxyl groups is 4. The fourth-order valence-electron chi connectivity index (χ4n) is 1.92. The number of hydrogen-bond acceptors (Lipinski definition) is 5. The molecule has 1 rings (SSSR count). The highest BCUT2D eigenvalue weighted by atomic mass is 16.4. The second-order valence-electron chi connectivity index (χ2n) is 3.79. The Balaban J connectivity index is 2.66. The van der Waals surface area contributed by atoms with Crippen molar-refractivity contribution in [1.29, 1.82) is 0 Å². The molecule has 1 saturated heterocycles. The van der Waals surface area contributed by atoms with Gasteiger partial charge in [0.2, 0.25) is 0 Å². The number of piperidine rings is 1. The molecule has 0 saturated carbocycles. The lowest BCUT2D eigenvalue weighted by Gasteiger charge is -2.43. The summed E-state index contributed by atoms with van der Waals surface area (Å²) < 4.78 is 0. The Bertz CT molecular complexity index is 178. The van der Waals surface area contributed by atoms with Crippen molar-refractivity contribution in [1.82, 2.24) is 4.90 Å². The molecule has 0 aliphatic carbocycles. The summed E-state index contributed by atoms with van der Waals surface area (Å²) in [5, 5.41) is 37.5. The zero-order valence-corrected chi connectivity index (χ0v) is 8.37. The van der Waals surface area contributed by atoms with Crippen LogP contribution >= 0.6 is 0 Å². The summed E-state index contributed by atoms with van der Waals surface area (Å²) >= 11 is 0. The average Bonchev–Trinajstić information content (AvgIpc) is 2.16. The number of aliphatic hydroxyl groups excluding tert-OH is 4. The molecule has 0 radical (unpaired) electrons. The van der Waals surface area contributed by atoms with Crippen LogP contribution in [-0.4, -0.2) is 69.4 Å². The molecule has 0 spiro atoms. The van der Waals surface area contributed by atoms with Crippen molar-refractivity contribution in [2.45, 2.75) is 37.7 Å². The first-order chi connectivity index (χ1) is 6.61. The fourth-order valence-corrected chi connectivity index (χ4v) is 1.92. The maximum atomic E-state index is 9.59. The smallest absolute Gasteiger partial charge is 0.109 e. The van der Waals surface area contributed by atoms with Crippen molar-refractivity contribution in [2.75, 3.05) is 19.7 Å². The normalized spacial score (nSPS) is 40.1. The Kier molecular flexibility index (Phi) is 4.28. The highest BCUT2D eigenvalue weighted by Gasteiger charge is 2.40. The Morgan fingerprint density at radius 2 is 1.86 bits per heavy atom. The van der Waals surface area contributed by atoms with E-state index < -0.39 is 24.4 Å². The molecule has 0 amide bonds. The van der Waals surface area contributed by atoms with Crippen LogP contribution in [0.2, 0.25) is 0 Å². The van der Waals surface area contributed by atoms with Gasteiger partial charge in [0.1, 0.15) is 12.2 Å². The molecule has 0 aromatic carbocycles. The van der Waals surface area contributed by atoms with Gasteiger partial charge in [-0.1, -0.05) is 6.92 Å². The molecular formula is C9H19NO4. The van der Waals surface area contributed by atoms with E-state index in [1.807, 2.05) is 11.8 Å². The van der Waals surface area contributed by atoms with Crippen LogP contribution in [0.4, 0.5) is 0 Å². The number of nitrogens with zero attached hydrogens (tertiary/aromatic N) is 1. The van der Waals surface area contributed by atoms with E-state index in [-0.39, 0.29) is 6.61 Å². The third-order valence-corrected chi connectivity index (χ3v) is 2.73. The Morgan fingerprint density at radius 3 is 2.36 bits per heavy atom. The number of likely N-dealkylation sites (tertiary alicyclic amines) is 1. The van der Waals surface area contributed by atoms with Crippen LogP contribution < -0.4 is 0 Å². The Hall–Kier alpha value is -0.200. The van der Waals surface area contributed by atoms with Gasteiger partial charge in [-0.3, -0.25) is 4.90 Å². The predicted octanol–water partition coefficient (Wildman–Crippen LogP) is -1.84. The van der Waals surface area contributed by atoms with Crippen molar-refractivity contribution in [3.05, 3.63) is 0 Å². The molecule has 1 heterocycles. The van der Waals surface area contributed by atoms with Gasteiger partial charge in [0.25, 0.3) is 0 Å². The third kappa shape index (κ3) is 2.24. The molecule has 1 aliphatic rings. The van der Waals surface area contributed by atoms with Crippen LogP contribution in [0.3, 0.4) is 0 Å². The van der Waals surface area contributed by atoms with E-state index in [2.05, 4.69) is 0 Å². The van der Waals surface area contributed by atoms with Crippen molar-refractivity contribution in [3.8, 4) is 0 Å². The number of rotatable bonds is 3. The molecule has 5 heteroatoms. The van der Waals surface area contributed by atoms with E-state index in [0.29, 0.717) is 13.1 Å². The van der Waals surface area contributed by atoms with E-state index in [0.717, 1.165) is 6.42 Å². The van der Waals surface area contributed by atoms with Crippen LogP contribution in [0.1, 0.15) is 13.3 Å². The molecule has 0 aromatic heterocycles. The first-order valence-electron chi connectivity index (χ1n) is 5.01. The number of hydrogen-bond donors (Lipinski definition) is 4. The maximum Gasteiger partial charge on any atom is 0.109 e. The van der Waals surface area contributed by atoms with Crippen molar-refractivity contribution in [2.24, 2.45) is 0 Å². The van der Waals surface area contributed by atoms with Crippen molar-refractivity contribution in [3.63, 3.8) is 0 Å². The lowest BCUT2D eigenvalue weighted by Crippen LogP contribution is -2.62. The van der Waals surface area contributed by atoms with Gasteiger partial charge in [0.05, 0.1) is 18.8 Å². The monoisotopic (exact) mass is 205 g/mol. The highest BCUT2D eigenvalue weighted by molar-refractivity contribution is 4.93. The Morgan fingerprint density at radius 1 is 1.21 bits per heavy atom.